The molecule has 2 rings (SSSR count). The summed E-state index contributed by atoms with van der Waals surface area (Å²) in [5.41, 5.74) is 6.13. The molecule has 0 radical (unpaired) electrons. The first-order valence-electron chi connectivity index (χ1n) is 6.21. The van der Waals surface area contributed by atoms with E-state index in [1.54, 1.807) is 19.3 Å². The molecule has 1 unspecified atom stereocenters. The topological polar surface area (TPSA) is 84.1 Å². The van der Waals surface area contributed by atoms with Gasteiger partial charge in [-0.3, -0.25) is 4.79 Å². The van der Waals surface area contributed by atoms with Gasteiger partial charge in [0.25, 0.3) is 0 Å². The molecule has 0 bridgehead atoms. The fourth-order valence-electron chi connectivity index (χ4n) is 2.21. The summed E-state index contributed by atoms with van der Waals surface area (Å²) in [6.45, 7) is 1.47. The average Bonchev–Trinajstić information content (AvgIpc) is 2.46. The van der Waals surface area contributed by atoms with Gasteiger partial charge in [-0.25, -0.2) is 9.97 Å². The van der Waals surface area contributed by atoms with Gasteiger partial charge >= 0.3 is 0 Å². The first-order chi connectivity index (χ1) is 9.11. The average molecular weight is 279 g/mol. The van der Waals surface area contributed by atoms with Crippen molar-refractivity contribution in [2.45, 2.75) is 12.8 Å². The normalized spacial score (nSPS) is 19.0. The van der Waals surface area contributed by atoms with Crippen molar-refractivity contribution in [3.8, 4) is 0 Å². The van der Waals surface area contributed by atoms with Crippen LogP contribution in [-0.4, -0.2) is 41.0 Å². The maximum atomic E-state index is 11.7. The summed E-state index contributed by atoms with van der Waals surface area (Å²) in [6, 6.07) is 1.69. The van der Waals surface area contributed by atoms with E-state index in [2.05, 4.69) is 15.3 Å². The third-order valence-electron chi connectivity index (χ3n) is 3.22. The minimum atomic E-state index is -0.0177. The molecule has 1 aliphatic rings. The summed E-state index contributed by atoms with van der Waals surface area (Å²) in [4.78, 5) is 22.5. The van der Waals surface area contributed by atoms with Crippen LogP contribution >= 0.6 is 12.2 Å². The third-order valence-corrected chi connectivity index (χ3v) is 3.43. The molecule has 2 heterocycles. The molecule has 19 heavy (non-hydrogen) atoms. The zero-order valence-corrected chi connectivity index (χ0v) is 11.6. The van der Waals surface area contributed by atoms with Gasteiger partial charge in [0.05, 0.1) is 5.92 Å². The van der Waals surface area contributed by atoms with E-state index in [1.165, 1.54) is 0 Å². The number of aromatic nitrogens is 2. The van der Waals surface area contributed by atoms with Gasteiger partial charge in [-0.2, -0.15) is 0 Å². The second kappa shape index (κ2) is 5.92. The molecule has 0 aromatic carbocycles. The highest BCUT2D eigenvalue weighted by Gasteiger charge is 2.26. The van der Waals surface area contributed by atoms with Crippen molar-refractivity contribution in [2.75, 3.05) is 25.0 Å². The number of anilines is 1. The molecule has 1 amide bonds. The summed E-state index contributed by atoms with van der Waals surface area (Å²) < 4.78 is 0. The summed E-state index contributed by atoms with van der Waals surface area (Å²) in [6.07, 6.45) is 3.48. The monoisotopic (exact) mass is 279 g/mol. The predicted octanol–water partition coefficient (Wildman–Crippen LogP) is 0.0732. The highest BCUT2D eigenvalue weighted by atomic mass is 32.1. The van der Waals surface area contributed by atoms with Crippen LogP contribution in [0.5, 0.6) is 0 Å². The molecule has 0 spiro atoms. The molecule has 0 saturated carbocycles. The van der Waals surface area contributed by atoms with E-state index < -0.39 is 0 Å². The van der Waals surface area contributed by atoms with Crippen LogP contribution in [0.3, 0.4) is 0 Å². The Morgan fingerprint density at radius 2 is 2.42 bits per heavy atom. The molecule has 1 atom stereocenters. The van der Waals surface area contributed by atoms with Crippen molar-refractivity contribution in [3.63, 3.8) is 0 Å². The Labute approximate surface area is 117 Å². The van der Waals surface area contributed by atoms with Crippen molar-refractivity contribution in [1.82, 2.24) is 15.3 Å². The maximum Gasteiger partial charge on any atom is 0.225 e. The number of carbonyl (C=O) groups is 1. The minimum absolute atomic E-state index is 0.0177. The highest BCUT2D eigenvalue weighted by Crippen LogP contribution is 2.20. The van der Waals surface area contributed by atoms with Crippen LogP contribution in [0.4, 0.5) is 5.95 Å². The van der Waals surface area contributed by atoms with E-state index >= 15 is 0 Å². The summed E-state index contributed by atoms with van der Waals surface area (Å²) in [5, 5.41) is 2.69. The fourth-order valence-corrected chi connectivity index (χ4v) is 2.33. The Morgan fingerprint density at radius 1 is 1.63 bits per heavy atom. The van der Waals surface area contributed by atoms with Crippen molar-refractivity contribution < 1.29 is 4.79 Å². The first kappa shape index (κ1) is 13.7. The number of hydrogen-bond acceptors (Lipinski definition) is 5. The van der Waals surface area contributed by atoms with Gasteiger partial charge in [0.1, 0.15) is 10.7 Å². The number of nitrogens with zero attached hydrogens (tertiary/aromatic N) is 3. The molecular formula is C12H17N5OS. The molecule has 6 nitrogen and oxygen atoms in total. The number of nitrogens with one attached hydrogen (secondary N) is 1. The Bertz CT molecular complexity index is 493. The van der Waals surface area contributed by atoms with Crippen LogP contribution in [0.25, 0.3) is 0 Å². The molecule has 1 aromatic rings. The Kier molecular flexibility index (Phi) is 4.26. The number of hydrogen-bond donors (Lipinski definition) is 2. The Hall–Kier alpha value is -1.76. The molecule has 7 heteroatoms. The lowest BCUT2D eigenvalue weighted by molar-refractivity contribution is -0.124. The lowest BCUT2D eigenvalue weighted by atomic mass is 9.97. The van der Waals surface area contributed by atoms with Crippen molar-refractivity contribution >= 4 is 29.1 Å². The van der Waals surface area contributed by atoms with Crippen LogP contribution in [0.2, 0.25) is 0 Å². The van der Waals surface area contributed by atoms with Gasteiger partial charge in [-0.1, -0.05) is 12.2 Å². The Balaban J connectivity index is 2.15. The van der Waals surface area contributed by atoms with Gasteiger partial charge in [-0.05, 0) is 18.9 Å². The highest BCUT2D eigenvalue weighted by molar-refractivity contribution is 7.80. The lowest BCUT2D eigenvalue weighted by Crippen LogP contribution is -2.43. The van der Waals surface area contributed by atoms with Crippen molar-refractivity contribution in [3.05, 3.63) is 18.0 Å². The Morgan fingerprint density at radius 3 is 3.11 bits per heavy atom. The van der Waals surface area contributed by atoms with E-state index in [1.807, 2.05) is 4.90 Å². The van der Waals surface area contributed by atoms with Gasteiger partial charge < -0.3 is 16.0 Å². The van der Waals surface area contributed by atoms with Crippen LogP contribution in [-0.2, 0) is 4.79 Å². The number of piperidine rings is 1. The van der Waals surface area contributed by atoms with E-state index in [0.717, 1.165) is 19.4 Å². The van der Waals surface area contributed by atoms with Crippen LogP contribution in [0.15, 0.2) is 12.3 Å². The maximum absolute atomic E-state index is 11.7. The third kappa shape index (κ3) is 3.17. The summed E-state index contributed by atoms with van der Waals surface area (Å²) in [7, 11) is 1.66. The number of carbonyl (C=O) groups excluding carboxylic acids is 1. The van der Waals surface area contributed by atoms with Gasteiger partial charge in [0, 0.05) is 26.3 Å². The van der Waals surface area contributed by atoms with Gasteiger partial charge in [0.15, 0.2) is 0 Å². The van der Waals surface area contributed by atoms with Crippen LogP contribution in [0.1, 0.15) is 18.5 Å². The number of rotatable bonds is 3. The van der Waals surface area contributed by atoms with E-state index in [0.29, 0.717) is 18.2 Å². The van der Waals surface area contributed by atoms with E-state index in [-0.39, 0.29) is 16.8 Å². The number of nitrogens with two attached hydrogens (primary N) is 1. The van der Waals surface area contributed by atoms with E-state index in [9.17, 15) is 4.79 Å². The largest absolute Gasteiger partial charge is 0.388 e. The molecule has 1 aliphatic heterocycles. The molecule has 3 N–H and O–H groups in total. The van der Waals surface area contributed by atoms with Crippen molar-refractivity contribution in [2.24, 2.45) is 11.7 Å². The van der Waals surface area contributed by atoms with Crippen molar-refractivity contribution in [1.29, 1.82) is 0 Å². The lowest BCUT2D eigenvalue weighted by Gasteiger charge is -2.31. The molecule has 1 fully saturated rings. The molecule has 1 saturated heterocycles. The quantitative estimate of drug-likeness (QED) is 0.762. The molecule has 0 aliphatic carbocycles. The van der Waals surface area contributed by atoms with E-state index in [4.69, 9.17) is 18.0 Å². The van der Waals surface area contributed by atoms with Gasteiger partial charge in [0.2, 0.25) is 11.9 Å². The second-order valence-electron chi connectivity index (χ2n) is 4.51. The number of thiocarbonyl (C=S) groups is 1. The van der Waals surface area contributed by atoms with Crippen LogP contribution < -0.4 is 16.0 Å². The summed E-state index contributed by atoms with van der Waals surface area (Å²) in [5.74, 6) is 0.630. The second-order valence-corrected chi connectivity index (χ2v) is 4.95. The predicted molar refractivity (Wildman–Crippen MR) is 76.9 cm³/mol. The minimum Gasteiger partial charge on any atom is -0.388 e. The molecule has 102 valence electrons. The zero-order chi connectivity index (χ0) is 13.8. The fraction of sp³-hybridized carbons (Fsp3) is 0.500. The summed E-state index contributed by atoms with van der Waals surface area (Å²) >= 11 is 4.91. The zero-order valence-electron chi connectivity index (χ0n) is 10.8. The van der Waals surface area contributed by atoms with Gasteiger partial charge in [-0.15, -0.1) is 0 Å². The first-order valence-corrected chi connectivity index (χ1v) is 6.62. The number of amides is 1. The molecule has 1 aromatic heterocycles. The van der Waals surface area contributed by atoms with Crippen LogP contribution in [0, 0.1) is 5.92 Å². The molecular weight excluding hydrogens is 262 g/mol. The SMILES string of the molecule is CNC(=O)C1CCCN(c2nccc(C(N)=S)n2)C1. The smallest absolute Gasteiger partial charge is 0.225 e. The standard InChI is InChI=1S/C12H17N5OS/c1-14-11(18)8-3-2-6-17(7-8)12-15-5-4-9(16-12)10(13)19/h4-5,8H,2-3,6-7H2,1H3,(H2,13,19)(H,14,18).